The maximum absolute atomic E-state index is 10.8. The van der Waals surface area contributed by atoms with Gasteiger partial charge in [0.1, 0.15) is 12.7 Å². The molecule has 0 aliphatic rings. The summed E-state index contributed by atoms with van der Waals surface area (Å²) in [4.78, 5) is 47.0. The van der Waals surface area contributed by atoms with Crippen LogP contribution in [0.4, 0.5) is 0 Å². The predicted octanol–water partition coefficient (Wildman–Crippen LogP) is 4.60. The minimum absolute atomic E-state index is 0.324. The molecule has 2 aromatic carbocycles. The van der Waals surface area contributed by atoms with Crippen LogP contribution in [0.3, 0.4) is 0 Å². The van der Waals surface area contributed by atoms with Gasteiger partial charge in [0.05, 0.1) is 0 Å². The fraction of sp³-hybridized carbons (Fsp3) is 0.294. The third kappa shape index (κ3) is 7.49. The molecule has 2 unspecified atom stereocenters. The third-order valence-corrected chi connectivity index (χ3v) is 6.40. The van der Waals surface area contributed by atoms with Crippen LogP contribution < -0.4 is 0 Å². The molecule has 0 bridgehead atoms. The normalized spacial score (nSPS) is 12.4. The van der Waals surface area contributed by atoms with Crippen molar-refractivity contribution in [2.45, 2.75) is 35.3 Å². The van der Waals surface area contributed by atoms with E-state index < -0.39 is 34.1 Å². The first-order valence-corrected chi connectivity index (χ1v) is 10.9. The number of hydrogen-bond acceptors (Lipinski definition) is 11. The van der Waals surface area contributed by atoms with Crippen molar-refractivity contribution in [3.8, 4) is 0 Å². The zero-order valence-electron chi connectivity index (χ0n) is 16.0. The van der Waals surface area contributed by atoms with Gasteiger partial charge in [0.15, 0.2) is 6.10 Å². The zero-order chi connectivity index (χ0) is 22.8. The fourth-order valence-electron chi connectivity index (χ4n) is 2.60. The van der Waals surface area contributed by atoms with Crippen molar-refractivity contribution in [3.05, 3.63) is 90.0 Å². The minimum atomic E-state index is -1.32. The van der Waals surface area contributed by atoms with Gasteiger partial charge in [-0.3, -0.25) is 0 Å². The average molecular weight is 471 g/mol. The Morgan fingerprint density at radius 3 is 1.68 bits per heavy atom. The van der Waals surface area contributed by atoms with Crippen LogP contribution in [0.2, 0.25) is 0 Å². The second kappa shape index (κ2) is 11.8. The summed E-state index contributed by atoms with van der Waals surface area (Å²) in [6.07, 6.45) is -1.70. The van der Waals surface area contributed by atoms with Gasteiger partial charge in [0, 0.05) is 9.79 Å². The minimum Gasteiger partial charge on any atom is -0.311 e. The van der Waals surface area contributed by atoms with Crippen LogP contribution in [-0.4, -0.2) is 21.9 Å². The summed E-state index contributed by atoms with van der Waals surface area (Å²) < 4.78 is 0. The van der Waals surface area contributed by atoms with Crippen molar-refractivity contribution in [2.24, 2.45) is 0 Å². The van der Waals surface area contributed by atoms with E-state index in [-0.39, 0.29) is 0 Å². The van der Waals surface area contributed by atoms with E-state index in [1.807, 2.05) is 0 Å². The summed E-state index contributed by atoms with van der Waals surface area (Å²) in [6, 6.07) is 13.5. The number of hydrogen-bond donors (Lipinski definition) is 0. The largest absolute Gasteiger partial charge is 0.311 e. The van der Waals surface area contributed by atoms with Gasteiger partial charge in [-0.1, -0.05) is 64.9 Å². The summed E-state index contributed by atoms with van der Waals surface area (Å²) in [5.41, 5.74) is 0.941. The van der Waals surface area contributed by atoms with E-state index >= 15 is 0 Å². The summed E-state index contributed by atoms with van der Waals surface area (Å²) in [5.74, 6) is 0. The van der Waals surface area contributed by atoms with Gasteiger partial charge in [-0.25, -0.2) is 0 Å². The maximum atomic E-state index is 10.8. The van der Waals surface area contributed by atoms with Gasteiger partial charge in [-0.05, 0) is 29.7 Å². The molecule has 0 heterocycles. The standard InChI is InChI=1S/C17H17N3O9S2/c1-2-14(28-19(23)24)12-7-3-5-9-16(12)30-31-17-10-6-4-8-13(17)15(29-20(25)26)11-27-18(21)22/h3-10,14-15H,2,11H2,1H3. The van der Waals surface area contributed by atoms with Crippen molar-refractivity contribution < 1.29 is 29.8 Å². The van der Waals surface area contributed by atoms with E-state index in [1.54, 1.807) is 49.4 Å². The van der Waals surface area contributed by atoms with Crippen molar-refractivity contribution in [1.82, 2.24) is 0 Å². The number of benzene rings is 2. The lowest BCUT2D eigenvalue weighted by Gasteiger charge is -2.19. The maximum Gasteiger partial charge on any atom is 0.295 e. The Balaban J connectivity index is 2.26. The van der Waals surface area contributed by atoms with Crippen LogP contribution in [0.15, 0.2) is 58.3 Å². The van der Waals surface area contributed by atoms with Crippen molar-refractivity contribution in [1.29, 1.82) is 0 Å². The van der Waals surface area contributed by atoms with Crippen molar-refractivity contribution >= 4 is 21.6 Å². The Labute approximate surface area is 183 Å². The molecule has 0 amide bonds. The lowest BCUT2D eigenvalue weighted by molar-refractivity contribution is -0.792. The molecule has 14 heteroatoms. The van der Waals surface area contributed by atoms with Gasteiger partial charge in [-0.2, -0.15) is 0 Å². The zero-order valence-corrected chi connectivity index (χ0v) is 17.7. The van der Waals surface area contributed by atoms with E-state index in [4.69, 9.17) is 4.84 Å². The van der Waals surface area contributed by atoms with Crippen LogP contribution in [0.1, 0.15) is 36.7 Å². The molecule has 166 valence electrons. The Morgan fingerprint density at radius 2 is 1.23 bits per heavy atom. The van der Waals surface area contributed by atoms with Gasteiger partial charge < -0.3 is 14.5 Å². The molecule has 0 spiro atoms. The quantitative estimate of drug-likeness (QED) is 0.228. The lowest BCUT2D eigenvalue weighted by Crippen LogP contribution is -2.18. The molecule has 2 rings (SSSR count). The van der Waals surface area contributed by atoms with Gasteiger partial charge in [0.2, 0.25) is 0 Å². The molecular formula is C17H17N3O9S2. The molecule has 2 atom stereocenters. The average Bonchev–Trinajstić information content (AvgIpc) is 2.73. The molecule has 0 saturated carbocycles. The van der Waals surface area contributed by atoms with Crippen LogP contribution in [0.25, 0.3) is 0 Å². The Bertz CT molecular complexity index is 931. The highest BCUT2D eigenvalue weighted by molar-refractivity contribution is 8.76. The fourth-order valence-corrected chi connectivity index (χ4v) is 5.09. The molecule has 2 aromatic rings. The summed E-state index contributed by atoms with van der Waals surface area (Å²) >= 11 is 0. The Morgan fingerprint density at radius 1 is 0.774 bits per heavy atom. The van der Waals surface area contributed by atoms with E-state index in [0.29, 0.717) is 27.3 Å². The smallest absolute Gasteiger partial charge is 0.295 e. The van der Waals surface area contributed by atoms with Gasteiger partial charge in [-0.15, -0.1) is 30.3 Å². The van der Waals surface area contributed by atoms with Gasteiger partial charge >= 0.3 is 0 Å². The first-order valence-electron chi connectivity index (χ1n) is 8.73. The summed E-state index contributed by atoms with van der Waals surface area (Å²) in [7, 11) is 2.47. The Hall–Kier alpha value is -3.26. The highest BCUT2D eigenvalue weighted by Crippen LogP contribution is 2.44. The molecule has 12 nitrogen and oxygen atoms in total. The molecule has 0 radical (unpaired) electrons. The van der Waals surface area contributed by atoms with Crippen LogP contribution in [-0.2, 0) is 14.5 Å². The SMILES string of the molecule is CCC(O[N+](=O)[O-])c1ccccc1SSc1ccccc1C(CO[N+](=O)[O-])O[N+](=O)[O-]. The second-order valence-corrected chi connectivity index (χ2v) is 8.02. The van der Waals surface area contributed by atoms with Gasteiger partial charge in [0.25, 0.3) is 15.3 Å². The highest BCUT2D eigenvalue weighted by Gasteiger charge is 2.23. The molecular weight excluding hydrogens is 454 g/mol. The highest BCUT2D eigenvalue weighted by atomic mass is 33.1. The third-order valence-electron chi connectivity index (χ3n) is 3.88. The predicted molar refractivity (Wildman–Crippen MR) is 109 cm³/mol. The van der Waals surface area contributed by atoms with Crippen LogP contribution >= 0.6 is 21.6 Å². The van der Waals surface area contributed by atoms with Crippen molar-refractivity contribution in [2.75, 3.05) is 6.61 Å². The monoisotopic (exact) mass is 471 g/mol. The molecule has 31 heavy (non-hydrogen) atoms. The lowest BCUT2D eigenvalue weighted by atomic mass is 10.1. The molecule has 0 fully saturated rings. The topological polar surface area (TPSA) is 157 Å². The van der Waals surface area contributed by atoms with E-state index in [1.165, 1.54) is 27.7 Å². The first kappa shape index (κ1) is 24.0. The van der Waals surface area contributed by atoms with E-state index in [0.717, 1.165) is 0 Å². The van der Waals surface area contributed by atoms with E-state index in [9.17, 15) is 30.3 Å². The van der Waals surface area contributed by atoms with E-state index in [2.05, 4.69) is 9.68 Å². The number of nitrogens with zero attached hydrogens (tertiary/aromatic N) is 3. The Kier molecular flexibility index (Phi) is 9.14. The second-order valence-electron chi connectivity index (χ2n) is 5.81. The molecule has 0 N–H and O–H groups in total. The molecule has 0 aliphatic carbocycles. The van der Waals surface area contributed by atoms with Crippen LogP contribution in [0.5, 0.6) is 0 Å². The summed E-state index contributed by atoms with van der Waals surface area (Å²) in [5, 5.41) is 29.2. The first-order chi connectivity index (χ1) is 14.8. The molecule has 0 saturated heterocycles. The molecule has 0 aliphatic heterocycles. The summed E-state index contributed by atoms with van der Waals surface area (Å²) in [6.45, 7) is 1.09. The van der Waals surface area contributed by atoms with Crippen LogP contribution in [0, 0.1) is 30.3 Å². The van der Waals surface area contributed by atoms with Crippen molar-refractivity contribution in [3.63, 3.8) is 0 Å². The number of rotatable bonds is 13. The molecule has 0 aromatic heterocycles.